The monoisotopic (exact) mass is 278 g/mol. The number of rotatable bonds is 4. The minimum atomic E-state index is -0.166. The maximum atomic E-state index is 11.8. The summed E-state index contributed by atoms with van der Waals surface area (Å²) in [5.74, 6) is 1.08. The molecule has 2 aromatic rings. The number of hydrogen-bond acceptors (Lipinski definition) is 4. The molecule has 5 nitrogen and oxygen atoms in total. The van der Waals surface area contributed by atoms with Gasteiger partial charge < -0.3 is 0 Å². The van der Waals surface area contributed by atoms with Crippen LogP contribution in [0.4, 0.5) is 0 Å². The van der Waals surface area contributed by atoms with E-state index >= 15 is 0 Å². The molecular weight excluding hydrogens is 263 g/mol. The van der Waals surface area contributed by atoms with Crippen LogP contribution in [0.15, 0.2) is 54.9 Å². The van der Waals surface area contributed by atoms with E-state index in [1.807, 2.05) is 37.3 Å². The molecule has 1 atom stereocenters. The topological polar surface area (TPSA) is 77.8 Å². The van der Waals surface area contributed by atoms with Gasteiger partial charge in [0, 0.05) is 24.0 Å². The molecule has 2 radical (unpaired) electrons. The molecule has 0 aliphatic heterocycles. The van der Waals surface area contributed by atoms with Crippen LogP contribution in [-0.4, -0.2) is 18.7 Å². The number of nitrogens with one attached hydrogen (secondary N) is 2. The number of hydrazine groups is 1. The Hall–Kier alpha value is -2.65. The zero-order valence-corrected chi connectivity index (χ0v) is 11.7. The molecule has 0 aliphatic carbocycles. The van der Waals surface area contributed by atoms with Gasteiger partial charge in [-0.1, -0.05) is 30.3 Å². The zero-order valence-electron chi connectivity index (χ0n) is 11.7. The first kappa shape index (κ1) is 16.4. The van der Waals surface area contributed by atoms with Gasteiger partial charge in [-0.15, -0.1) is 0 Å². The van der Waals surface area contributed by atoms with Crippen LogP contribution in [-0.2, 0) is 0 Å². The molecule has 2 rings (SSSR count). The normalized spacial score (nSPS) is 10.5. The van der Waals surface area contributed by atoms with Crippen molar-refractivity contribution in [1.29, 1.82) is 5.26 Å². The van der Waals surface area contributed by atoms with E-state index in [1.165, 1.54) is 5.97 Å². The molecule has 1 aromatic heterocycles. The quantitative estimate of drug-likeness (QED) is 0.659. The van der Waals surface area contributed by atoms with Crippen molar-refractivity contribution in [2.24, 2.45) is 0 Å². The van der Waals surface area contributed by atoms with Gasteiger partial charge in [0.05, 0.1) is 0 Å². The lowest BCUT2D eigenvalue weighted by Gasteiger charge is -2.15. The Balaban J connectivity index is 0.000000677. The van der Waals surface area contributed by atoms with Gasteiger partial charge in [0.2, 0.25) is 7.85 Å². The molecule has 0 aliphatic rings. The Labute approximate surface area is 125 Å². The Morgan fingerprint density at radius 3 is 2.38 bits per heavy atom. The highest BCUT2D eigenvalue weighted by Gasteiger charge is 2.07. The fraction of sp³-hybridized carbons (Fsp3) is 0.133. The second-order valence-electron chi connectivity index (χ2n) is 4.10. The summed E-state index contributed by atoms with van der Waals surface area (Å²) in [4.78, 5) is 15.6. The summed E-state index contributed by atoms with van der Waals surface area (Å²) in [7, 11) is 4.15. The molecule has 1 aromatic carbocycles. The summed E-state index contributed by atoms with van der Waals surface area (Å²) in [5, 5.41) is 7.10. The highest BCUT2D eigenvalue weighted by Crippen LogP contribution is 2.09. The molecule has 0 spiro atoms. The van der Waals surface area contributed by atoms with Gasteiger partial charge >= 0.3 is 0 Å². The molecule has 0 saturated carbocycles. The lowest BCUT2D eigenvalue weighted by molar-refractivity contribution is 0.0926. The van der Waals surface area contributed by atoms with Crippen molar-refractivity contribution < 1.29 is 4.79 Å². The van der Waals surface area contributed by atoms with Crippen LogP contribution in [0, 0.1) is 11.2 Å². The van der Waals surface area contributed by atoms with E-state index in [-0.39, 0.29) is 11.9 Å². The second-order valence-corrected chi connectivity index (χ2v) is 4.10. The molecule has 0 saturated heterocycles. The molecule has 0 fully saturated rings. The number of hydrogen-bond donors (Lipinski definition) is 2. The Bertz CT molecular complexity index is 584. The van der Waals surface area contributed by atoms with Gasteiger partial charge in [0.15, 0.2) is 0 Å². The van der Waals surface area contributed by atoms with Gasteiger partial charge in [0.25, 0.3) is 5.91 Å². The first-order chi connectivity index (χ1) is 10.2. The third-order valence-electron chi connectivity index (χ3n) is 2.64. The SMILES string of the molecule is CC(NNC(=O)c1ccncc1)c1ccccc1.[B]C#N. The number of nitriles is 1. The summed E-state index contributed by atoms with van der Waals surface area (Å²) in [6.45, 7) is 1.99. The fourth-order valence-electron chi connectivity index (χ4n) is 1.57. The average molecular weight is 278 g/mol. The van der Waals surface area contributed by atoms with Crippen LogP contribution in [0.25, 0.3) is 0 Å². The second kappa shape index (κ2) is 9.29. The number of aromatic nitrogens is 1. The molecule has 0 bridgehead atoms. The van der Waals surface area contributed by atoms with Crippen molar-refractivity contribution in [1.82, 2.24) is 15.8 Å². The summed E-state index contributed by atoms with van der Waals surface area (Å²) >= 11 is 0. The third-order valence-corrected chi connectivity index (χ3v) is 2.64. The molecule has 2 N–H and O–H groups in total. The number of benzene rings is 1. The Kier molecular flexibility index (Phi) is 7.26. The first-order valence-corrected chi connectivity index (χ1v) is 6.29. The molecule has 1 heterocycles. The molecule has 6 heteroatoms. The summed E-state index contributed by atoms with van der Waals surface area (Å²) in [6.07, 6.45) is 3.19. The number of carbonyl (C=O) groups excluding carboxylic acids is 1. The van der Waals surface area contributed by atoms with Gasteiger partial charge in [-0.2, -0.15) is 0 Å². The van der Waals surface area contributed by atoms with Crippen molar-refractivity contribution in [3.8, 4) is 5.97 Å². The summed E-state index contributed by atoms with van der Waals surface area (Å²) in [5.41, 5.74) is 7.36. The van der Waals surface area contributed by atoms with E-state index in [1.54, 1.807) is 24.5 Å². The average Bonchev–Trinajstić information content (AvgIpc) is 2.54. The molecule has 1 unspecified atom stereocenters. The lowest BCUT2D eigenvalue weighted by Crippen LogP contribution is -2.39. The van der Waals surface area contributed by atoms with Crippen molar-refractivity contribution >= 4 is 13.8 Å². The van der Waals surface area contributed by atoms with E-state index in [0.29, 0.717) is 5.56 Å². The smallest absolute Gasteiger partial charge is 0.265 e. The van der Waals surface area contributed by atoms with Gasteiger partial charge in [0.1, 0.15) is 0 Å². The molecule has 104 valence electrons. The maximum Gasteiger partial charge on any atom is 0.265 e. The van der Waals surface area contributed by atoms with Gasteiger partial charge in [-0.05, 0) is 30.6 Å². The lowest BCUT2D eigenvalue weighted by atomic mass is 10.1. The number of pyridine rings is 1. The predicted molar refractivity (Wildman–Crippen MR) is 81.1 cm³/mol. The van der Waals surface area contributed by atoms with Crippen molar-refractivity contribution in [2.75, 3.05) is 0 Å². The number of carbonyl (C=O) groups is 1. The minimum absolute atomic E-state index is 0.0528. The van der Waals surface area contributed by atoms with Crippen molar-refractivity contribution in [3.63, 3.8) is 0 Å². The van der Waals surface area contributed by atoms with E-state index in [4.69, 9.17) is 5.26 Å². The fourth-order valence-corrected chi connectivity index (χ4v) is 1.57. The highest BCUT2D eigenvalue weighted by atomic mass is 16.2. The molecule has 21 heavy (non-hydrogen) atoms. The van der Waals surface area contributed by atoms with Crippen molar-refractivity contribution in [3.05, 3.63) is 66.0 Å². The van der Waals surface area contributed by atoms with Crippen LogP contribution >= 0.6 is 0 Å². The summed E-state index contributed by atoms with van der Waals surface area (Å²) in [6, 6.07) is 13.3. The van der Waals surface area contributed by atoms with Crippen LogP contribution in [0.1, 0.15) is 28.9 Å². The van der Waals surface area contributed by atoms with E-state index in [2.05, 4.69) is 23.7 Å². The van der Waals surface area contributed by atoms with Crippen molar-refractivity contribution in [2.45, 2.75) is 13.0 Å². The molecule has 1 amide bonds. The molecular formula is C15H15BN4O. The van der Waals surface area contributed by atoms with Gasteiger partial charge in [-0.3, -0.25) is 15.2 Å². The first-order valence-electron chi connectivity index (χ1n) is 6.29. The zero-order chi connectivity index (χ0) is 15.5. The van der Waals surface area contributed by atoms with Crippen LogP contribution in [0.2, 0.25) is 0 Å². The number of nitrogens with zero attached hydrogens (tertiary/aromatic N) is 2. The summed E-state index contributed by atoms with van der Waals surface area (Å²) < 4.78 is 0. The predicted octanol–water partition coefficient (Wildman–Crippen LogP) is 1.71. The third kappa shape index (κ3) is 5.89. The Morgan fingerprint density at radius 2 is 1.81 bits per heavy atom. The highest BCUT2D eigenvalue weighted by molar-refractivity contribution is 6.20. The van der Waals surface area contributed by atoms with E-state index in [9.17, 15) is 4.79 Å². The van der Waals surface area contributed by atoms with E-state index < -0.39 is 0 Å². The Morgan fingerprint density at radius 1 is 1.24 bits per heavy atom. The van der Waals surface area contributed by atoms with Crippen LogP contribution in [0.5, 0.6) is 0 Å². The van der Waals surface area contributed by atoms with Crippen LogP contribution < -0.4 is 10.9 Å². The maximum absolute atomic E-state index is 11.8. The minimum Gasteiger partial charge on any atom is -0.287 e. The standard InChI is InChI=1S/C14H15N3O.CBN/c1-11(12-5-3-2-4-6-12)16-17-14(18)13-7-9-15-10-8-13;2-1-3/h2-11,16H,1H3,(H,17,18);. The largest absolute Gasteiger partial charge is 0.287 e. The van der Waals surface area contributed by atoms with E-state index in [0.717, 1.165) is 5.56 Å². The van der Waals surface area contributed by atoms with Gasteiger partial charge in [-0.25, -0.2) is 10.7 Å². The van der Waals surface area contributed by atoms with Crippen LogP contribution in [0.3, 0.4) is 0 Å². The number of amides is 1.